The van der Waals surface area contributed by atoms with Crippen molar-refractivity contribution < 1.29 is 9.53 Å². The number of ether oxygens (including phenoxy) is 1. The minimum absolute atomic E-state index is 0.172. The van der Waals surface area contributed by atoms with Gasteiger partial charge in [-0.15, -0.1) is 0 Å². The van der Waals surface area contributed by atoms with E-state index in [1.54, 1.807) is 0 Å². The summed E-state index contributed by atoms with van der Waals surface area (Å²) in [5.74, 6) is 1.90. The molecule has 6 nitrogen and oxygen atoms in total. The number of hydrogen-bond acceptors (Lipinski definition) is 3. The van der Waals surface area contributed by atoms with Gasteiger partial charge < -0.3 is 19.9 Å². The number of rotatable bonds is 6. The summed E-state index contributed by atoms with van der Waals surface area (Å²) in [6, 6.07) is 0. The topological polar surface area (TPSA) is 57.2 Å². The number of aliphatic imine (C=N–C) groups is 1. The van der Waals surface area contributed by atoms with Gasteiger partial charge in [0.2, 0.25) is 0 Å². The molecule has 0 radical (unpaired) electrons. The van der Waals surface area contributed by atoms with E-state index >= 15 is 0 Å². The van der Waals surface area contributed by atoms with Crippen molar-refractivity contribution in [1.82, 2.24) is 15.1 Å². The minimum Gasteiger partial charge on any atom is -0.368 e. The molecule has 2 rings (SSSR count). The zero-order valence-corrected chi connectivity index (χ0v) is 15.6. The van der Waals surface area contributed by atoms with E-state index in [2.05, 4.69) is 31.0 Å². The standard InChI is InChI=1S/C18H34N4O2/c1-4-19-18(20-9-5-7-15(2)3)22-12-10-21(11-13-22)17(23)16-8-6-14-24-16/h15-16H,4-14H2,1-3H3,(H,19,20). The maximum Gasteiger partial charge on any atom is 0.251 e. The Hall–Kier alpha value is -1.30. The van der Waals surface area contributed by atoms with Crippen LogP contribution < -0.4 is 5.32 Å². The van der Waals surface area contributed by atoms with Crippen LogP contribution in [-0.4, -0.2) is 73.6 Å². The van der Waals surface area contributed by atoms with E-state index in [-0.39, 0.29) is 12.0 Å². The van der Waals surface area contributed by atoms with Crippen molar-refractivity contribution in [2.24, 2.45) is 10.9 Å². The van der Waals surface area contributed by atoms with Crippen LogP contribution in [-0.2, 0) is 9.53 Å². The predicted octanol–water partition coefficient (Wildman–Crippen LogP) is 1.71. The van der Waals surface area contributed by atoms with Gasteiger partial charge in [-0.05, 0) is 38.5 Å². The average Bonchev–Trinajstić information content (AvgIpc) is 3.11. The normalized spacial score (nSPS) is 22.3. The number of nitrogens with one attached hydrogen (secondary N) is 1. The number of amides is 1. The molecule has 0 aliphatic carbocycles. The zero-order valence-electron chi connectivity index (χ0n) is 15.6. The van der Waals surface area contributed by atoms with Crippen LogP contribution in [0.25, 0.3) is 0 Å². The number of piperazine rings is 1. The highest BCUT2D eigenvalue weighted by molar-refractivity contribution is 5.82. The van der Waals surface area contributed by atoms with E-state index in [0.29, 0.717) is 0 Å². The molecular formula is C18H34N4O2. The van der Waals surface area contributed by atoms with Gasteiger partial charge in [-0.25, -0.2) is 0 Å². The fourth-order valence-corrected chi connectivity index (χ4v) is 3.23. The molecule has 0 saturated carbocycles. The largest absolute Gasteiger partial charge is 0.368 e. The Morgan fingerprint density at radius 3 is 2.54 bits per heavy atom. The van der Waals surface area contributed by atoms with Gasteiger partial charge in [0.05, 0.1) is 0 Å². The smallest absolute Gasteiger partial charge is 0.251 e. The lowest BCUT2D eigenvalue weighted by Crippen LogP contribution is -2.55. The van der Waals surface area contributed by atoms with Crippen molar-refractivity contribution >= 4 is 11.9 Å². The summed E-state index contributed by atoms with van der Waals surface area (Å²) in [5.41, 5.74) is 0. The minimum atomic E-state index is -0.200. The summed E-state index contributed by atoms with van der Waals surface area (Å²) in [6.45, 7) is 12.3. The van der Waals surface area contributed by atoms with Crippen LogP contribution in [0, 0.1) is 5.92 Å². The van der Waals surface area contributed by atoms with E-state index in [4.69, 9.17) is 9.73 Å². The van der Waals surface area contributed by atoms with Crippen LogP contribution >= 0.6 is 0 Å². The van der Waals surface area contributed by atoms with E-state index < -0.39 is 0 Å². The third-order valence-corrected chi connectivity index (χ3v) is 4.63. The molecule has 1 atom stereocenters. The number of carbonyl (C=O) groups excluding carboxylic acids is 1. The molecule has 0 aromatic rings. The van der Waals surface area contributed by atoms with Crippen molar-refractivity contribution in [3.63, 3.8) is 0 Å². The Morgan fingerprint density at radius 2 is 1.96 bits per heavy atom. The van der Waals surface area contributed by atoms with Crippen molar-refractivity contribution in [3.8, 4) is 0 Å². The Balaban J connectivity index is 1.80. The SMILES string of the molecule is CCNC(=NCCCC(C)C)N1CCN(C(=O)C2CCCO2)CC1. The zero-order chi connectivity index (χ0) is 17.4. The molecule has 0 aromatic carbocycles. The second-order valence-electron chi connectivity index (χ2n) is 7.09. The Bertz CT molecular complexity index is 411. The van der Waals surface area contributed by atoms with E-state index in [9.17, 15) is 4.79 Å². The molecule has 6 heteroatoms. The van der Waals surface area contributed by atoms with Crippen LogP contribution in [0.4, 0.5) is 0 Å². The fourth-order valence-electron chi connectivity index (χ4n) is 3.23. The molecule has 2 heterocycles. The Kier molecular flexibility index (Phi) is 7.82. The van der Waals surface area contributed by atoms with Crippen LogP contribution in [0.15, 0.2) is 4.99 Å². The molecule has 2 aliphatic rings. The van der Waals surface area contributed by atoms with Crippen molar-refractivity contribution in [3.05, 3.63) is 0 Å². The lowest BCUT2D eigenvalue weighted by molar-refractivity contribution is -0.142. The summed E-state index contributed by atoms with van der Waals surface area (Å²) < 4.78 is 5.52. The molecule has 2 aliphatic heterocycles. The summed E-state index contributed by atoms with van der Waals surface area (Å²) in [4.78, 5) is 21.4. The van der Waals surface area contributed by atoms with E-state index in [0.717, 1.165) is 77.0 Å². The predicted molar refractivity (Wildman–Crippen MR) is 97.2 cm³/mol. The molecule has 24 heavy (non-hydrogen) atoms. The van der Waals surface area contributed by atoms with Crippen molar-refractivity contribution in [2.75, 3.05) is 45.9 Å². The monoisotopic (exact) mass is 338 g/mol. The maximum absolute atomic E-state index is 12.4. The van der Waals surface area contributed by atoms with E-state index in [1.807, 2.05) is 4.90 Å². The number of hydrogen-bond donors (Lipinski definition) is 1. The van der Waals surface area contributed by atoms with E-state index in [1.165, 1.54) is 6.42 Å². The van der Waals surface area contributed by atoms with Gasteiger partial charge in [-0.1, -0.05) is 13.8 Å². The quantitative estimate of drug-likeness (QED) is 0.455. The first-order chi connectivity index (χ1) is 11.6. The first kappa shape index (κ1) is 19.0. The van der Waals surface area contributed by atoms with Gasteiger partial charge in [-0.3, -0.25) is 9.79 Å². The van der Waals surface area contributed by atoms with Gasteiger partial charge in [0, 0.05) is 45.9 Å². The molecular weight excluding hydrogens is 304 g/mol. The fraction of sp³-hybridized carbons (Fsp3) is 0.889. The molecule has 0 spiro atoms. The highest BCUT2D eigenvalue weighted by Gasteiger charge is 2.30. The Morgan fingerprint density at radius 1 is 1.25 bits per heavy atom. The van der Waals surface area contributed by atoms with Gasteiger partial charge in [0.25, 0.3) is 5.91 Å². The number of guanidine groups is 1. The van der Waals surface area contributed by atoms with Gasteiger partial charge >= 0.3 is 0 Å². The highest BCUT2D eigenvalue weighted by atomic mass is 16.5. The molecule has 0 aromatic heterocycles. The van der Waals surface area contributed by atoms with Crippen molar-refractivity contribution in [2.45, 2.75) is 52.6 Å². The summed E-state index contributed by atoms with van der Waals surface area (Å²) in [7, 11) is 0. The van der Waals surface area contributed by atoms with Gasteiger partial charge in [0.15, 0.2) is 5.96 Å². The molecule has 1 unspecified atom stereocenters. The number of carbonyl (C=O) groups is 1. The van der Waals surface area contributed by atoms with Crippen LogP contribution in [0.2, 0.25) is 0 Å². The summed E-state index contributed by atoms with van der Waals surface area (Å²) >= 11 is 0. The average molecular weight is 338 g/mol. The van der Waals surface area contributed by atoms with Crippen LogP contribution in [0.3, 0.4) is 0 Å². The lowest BCUT2D eigenvalue weighted by atomic mass is 10.1. The lowest BCUT2D eigenvalue weighted by Gasteiger charge is -2.37. The Labute approximate surface area is 146 Å². The van der Waals surface area contributed by atoms with Crippen molar-refractivity contribution in [1.29, 1.82) is 0 Å². The van der Waals surface area contributed by atoms with Crippen LogP contribution in [0.1, 0.15) is 46.5 Å². The van der Waals surface area contributed by atoms with Crippen LogP contribution in [0.5, 0.6) is 0 Å². The third kappa shape index (κ3) is 5.65. The molecule has 1 N–H and O–H groups in total. The second-order valence-corrected chi connectivity index (χ2v) is 7.09. The third-order valence-electron chi connectivity index (χ3n) is 4.63. The summed E-state index contributed by atoms with van der Waals surface area (Å²) in [5, 5.41) is 3.39. The molecule has 0 bridgehead atoms. The second kappa shape index (κ2) is 9.87. The molecule has 1 amide bonds. The molecule has 138 valence electrons. The maximum atomic E-state index is 12.4. The highest BCUT2D eigenvalue weighted by Crippen LogP contribution is 2.16. The van der Waals surface area contributed by atoms with Gasteiger partial charge in [-0.2, -0.15) is 0 Å². The molecule has 2 fully saturated rings. The number of nitrogens with zero attached hydrogens (tertiary/aromatic N) is 3. The molecule has 2 saturated heterocycles. The first-order valence-electron chi connectivity index (χ1n) is 9.55. The van der Waals surface area contributed by atoms with Gasteiger partial charge in [0.1, 0.15) is 6.10 Å². The summed E-state index contributed by atoms with van der Waals surface area (Å²) in [6.07, 6.45) is 4.02. The first-order valence-corrected chi connectivity index (χ1v) is 9.55.